The summed E-state index contributed by atoms with van der Waals surface area (Å²) in [6.45, 7) is 0.227. The zero-order valence-electron chi connectivity index (χ0n) is 17.0. The molecule has 0 fully saturated rings. The summed E-state index contributed by atoms with van der Waals surface area (Å²) >= 11 is 0. The molecule has 4 rings (SSSR count). The molecule has 162 valence electrons. The Morgan fingerprint density at radius 2 is 1.97 bits per heavy atom. The van der Waals surface area contributed by atoms with E-state index in [4.69, 9.17) is 4.74 Å². The molecule has 5 nitrogen and oxygen atoms in total. The Kier molecular flexibility index (Phi) is 6.02. The maximum Gasteiger partial charge on any atom is 0.263 e. The number of hydrogen-bond donors (Lipinski definition) is 1. The fraction of sp³-hybridized carbons (Fsp3) is 0.125. The topological polar surface area (TPSA) is 64.1 Å². The van der Waals surface area contributed by atoms with E-state index in [1.165, 1.54) is 18.5 Å². The van der Waals surface area contributed by atoms with E-state index >= 15 is 0 Å². The van der Waals surface area contributed by atoms with Crippen molar-refractivity contribution in [3.8, 4) is 17.0 Å². The first-order chi connectivity index (χ1) is 15.5. The summed E-state index contributed by atoms with van der Waals surface area (Å²) in [4.78, 5) is 21.4. The van der Waals surface area contributed by atoms with E-state index < -0.39 is 18.1 Å². The molecule has 0 saturated heterocycles. The van der Waals surface area contributed by atoms with Gasteiger partial charge in [-0.3, -0.25) is 9.78 Å². The summed E-state index contributed by atoms with van der Waals surface area (Å²) in [5, 5.41) is 3.28. The van der Waals surface area contributed by atoms with Gasteiger partial charge in [0.25, 0.3) is 12.3 Å². The van der Waals surface area contributed by atoms with Crippen LogP contribution in [0, 0.1) is 5.82 Å². The van der Waals surface area contributed by atoms with Crippen molar-refractivity contribution in [1.29, 1.82) is 0 Å². The number of nitrogens with one attached hydrogen (secondary N) is 1. The highest BCUT2D eigenvalue weighted by molar-refractivity contribution is 6.06. The van der Waals surface area contributed by atoms with Gasteiger partial charge in [-0.1, -0.05) is 18.2 Å². The highest BCUT2D eigenvalue weighted by atomic mass is 19.3. The molecule has 0 aliphatic heterocycles. The monoisotopic (exact) mass is 437 g/mol. The van der Waals surface area contributed by atoms with Crippen molar-refractivity contribution in [2.45, 2.75) is 13.0 Å². The van der Waals surface area contributed by atoms with E-state index in [9.17, 15) is 18.0 Å². The van der Waals surface area contributed by atoms with Crippen LogP contribution in [0.5, 0.6) is 5.75 Å². The maximum atomic E-state index is 14.5. The van der Waals surface area contributed by atoms with Crippen LogP contribution >= 0.6 is 0 Å². The average molecular weight is 437 g/mol. The third kappa shape index (κ3) is 4.39. The predicted octanol–water partition coefficient (Wildman–Crippen LogP) is 5.31. The number of amides is 1. The van der Waals surface area contributed by atoms with Crippen molar-refractivity contribution < 1.29 is 22.7 Å². The first kappa shape index (κ1) is 21.3. The number of benzene rings is 2. The van der Waals surface area contributed by atoms with Gasteiger partial charge < -0.3 is 10.1 Å². The van der Waals surface area contributed by atoms with E-state index in [-0.39, 0.29) is 28.9 Å². The highest BCUT2D eigenvalue weighted by Gasteiger charge is 2.18. The minimum atomic E-state index is -2.76. The summed E-state index contributed by atoms with van der Waals surface area (Å²) in [5.74, 6) is -0.482. The van der Waals surface area contributed by atoms with Gasteiger partial charge in [0, 0.05) is 35.5 Å². The molecule has 0 aliphatic carbocycles. The van der Waals surface area contributed by atoms with Crippen LogP contribution in [0.2, 0.25) is 0 Å². The number of halogens is 3. The van der Waals surface area contributed by atoms with Crippen LogP contribution in [-0.2, 0) is 6.54 Å². The molecule has 0 bridgehead atoms. The largest absolute Gasteiger partial charge is 0.497 e. The lowest BCUT2D eigenvalue weighted by atomic mass is 10.0. The summed E-state index contributed by atoms with van der Waals surface area (Å²) in [6, 6.07) is 13.2. The zero-order valence-corrected chi connectivity index (χ0v) is 17.0. The summed E-state index contributed by atoms with van der Waals surface area (Å²) in [6.07, 6.45) is 0.214. The van der Waals surface area contributed by atoms with E-state index in [0.717, 1.165) is 23.8 Å². The van der Waals surface area contributed by atoms with Gasteiger partial charge in [0.2, 0.25) is 0 Å². The van der Waals surface area contributed by atoms with Crippen LogP contribution in [0.1, 0.15) is 27.9 Å². The number of aromatic nitrogens is 2. The molecule has 0 saturated carbocycles. The number of alkyl halides is 2. The Hall–Kier alpha value is -3.94. The van der Waals surface area contributed by atoms with Crippen LogP contribution in [0.3, 0.4) is 0 Å². The second-order valence-electron chi connectivity index (χ2n) is 7.02. The van der Waals surface area contributed by atoms with Crippen molar-refractivity contribution in [2.24, 2.45) is 0 Å². The van der Waals surface area contributed by atoms with Crippen molar-refractivity contribution in [2.75, 3.05) is 7.11 Å². The molecule has 2 heterocycles. The van der Waals surface area contributed by atoms with Gasteiger partial charge in [0.05, 0.1) is 23.9 Å². The lowest BCUT2D eigenvalue weighted by Crippen LogP contribution is -2.23. The Balaban J connectivity index is 1.73. The standard InChI is InChI=1S/C24H18F3N3O2/c1-32-16-4-2-3-14(9-16)12-29-24(31)17-11-22(30-21-7-8-28-13-19(17)21)18-10-15(23(26)27)5-6-20(18)25/h2-11,13,23H,12H2,1H3,(H,29,31). The lowest BCUT2D eigenvalue weighted by Gasteiger charge is -2.12. The van der Waals surface area contributed by atoms with Crippen LogP contribution < -0.4 is 10.1 Å². The first-order valence-corrected chi connectivity index (χ1v) is 9.70. The number of pyridine rings is 2. The number of carbonyl (C=O) groups is 1. The molecule has 0 radical (unpaired) electrons. The third-order valence-electron chi connectivity index (χ3n) is 4.96. The Labute approximate surface area is 181 Å². The minimum Gasteiger partial charge on any atom is -0.497 e. The molecule has 0 atom stereocenters. The molecule has 1 amide bonds. The Morgan fingerprint density at radius 3 is 2.75 bits per heavy atom. The summed E-state index contributed by atoms with van der Waals surface area (Å²) in [5.41, 5.74) is 1.07. The smallest absolute Gasteiger partial charge is 0.263 e. The summed E-state index contributed by atoms with van der Waals surface area (Å²) in [7, 11) is 1.55. The van der Waals surface area contributed by atoms with Crippen LogP contribution in [0.15, 0.2) is 67.0 Å². The number of methoxy groups -OCH3 is 1. The quantitative estimate of drug-likeness (QED) is 0.444. The fourth-order valence-corrected chi connectivity index (χ4v) is 3.33. The highest BCUT2D eigenvalue weighted by Crippen LogP contribution is 2.30. The number of carbonyl (C=O) groups excluding carboxylic acids is 1. The maximum absolute atomic E-state index is 14.5. The molecule has 0 spiro atoms. The van der Waals surface area contributed by atoms with E-state index in [2.05, 4.69) is 15.3 Å². The number of ether oxygens (including phenoxy) is 1. The molecular formula is C24H18F3N3O2. The van der Waals surface area contributed by atoms with Gasteiger partial charge in [0.15, 0.2) is 0 Å². The minimum absolute atomic E-state index is 0.0789. The Morgan fingerprint density at radius 1 is 1.12 bits per heavy atom. The zero-order chi connectivity index (χ0) is 22.7. The molecule has 1 N–H and O–H groups in total. The van der Waals surface area contributed by atoms with Gasteiger partial charge in [-0.2, -0.15) is 0 Å². The average Bonchev–Trinajstić information content (AvgIpc) is 2.82. The first-order valence-electron chi connectivity index (χ1n) is 9.70. The van der Waals surface area contributed by atoms with Gasteiger partial charge in [-0.25, -0.2) is 18.2 Å². The van der Waals surface area contributed by atoms with Crippen molar-refractivity contribution in [1.82, 2.24) is 15.3 Å². The molecule has 0 unspecified atom stereocenters. The predicted molar refractivity (Wildman–Crippen MR) is 114 cm³/mol. The molecule has 32 heavy (non-hydrogen) atoms. The molecule has 0 aliphatic rings. The van der Waals surface area contributed by atoms with Crippen LogP contribution in [0.25, 0.3) is 22.2 Å². The number of hydrogen-bond acceptors (Lipinski definition) is 4. The second kappa shape index (κ2) is 9.05. The van der Waals surface area contributed by atoms with Crippen molar-refractivity contribution >= 4 is 16.8 Å². The van der Waals surface area contributed by atoms with E-state index in [0.29, 0.717) is 16.7 Å². The second-order valence-corrected chi connectivity index (χ2v) is 7.02. The number of rotatable bonds is 6. The lowest BCUT2D eigenvalue weighted by molar-refractivity contribution is 0.0952. The van der Waals surface area contributed by atoms with Gasteiger partial charge in [0.1, 0.15) is 11.6 Å². The van der Waals surface area contributed by atoms with Gasteiger partial charge >= 0.3 is 0 Å². The van der Waals surface area contributed by atoms with E-state index in [1.807, 2.05) is 12.1 Å². The molecule has 2 aromatic carbocycles. The molecule has 4 aromatic rings. The molecule has 2 aromatic heterocycles. The van der Waals surface area contributed by atoms with Crippen LogP contribution in [-0.4, -0.2) is 23.0 Å². The normalized spacial score (nSPS) is 11.0. The van der Waals surface area contributed by atoms with Crippen molar-refractivity contribution in [3.05, 3.63) is 89.5 Å². The third-order valence-corrected chi connectivity index (χ3v) is 4.96. The van der Waals surface area contributed by atoms with Gasteiger partial charge in [-0.15, -0.1) is 0 Å². The Bertz CT molecular complexity index is 1290. The summed E-state index contributed by atoms with van der Waals surface area (Å²) < 4.78 is 46.0. The molecule has 8 heteroatoms. The van der Waals surface area contributed by atoms with Crippen molar-refractivity contribution in [3.63, 3.8) is 0 Å². The van der Waals surface area contributed by atoms with Gasteiger partial charge in [-0.05, 0) is 42.0 Å². The van der Waals surface area contributed by atoms with Crippen LogP contribution in [0.4, 0.5) is 13.2 Å². The number of nitrogens with zero attached hydrogens (tertiary/aromatic N) is 2. The van der Waals surface area contributed by atoms with E-state index in [1.54, 1.807) is 25.3 Å². The SMILES string of the molecule is COc1cccc(CNC(=O)c2cc(-c3cc(C(F)F)ccc3F)nc3ccncc23)c1. The fourth-order valence-electron chi connectivity index (χ4n) is 3.33. The molecular weight excluding hydrogens is 419 g/mol. The number of fused-ring (bicyclic) bond motifs is 1.